The molecule has 51 heavy (non-hydrogen) atoms. The minimum atomic E-state index is -0.697. The number of hydrogen-bond acceptors (Lipinski definition) is 6. The van der Waals surface area contributed by atoms with Crippen LogP contribution in [0.15, 0.2) is 120 Å². The Morgan fingerprint density at radius 2 is 0.980 bits per heavy atom. The van der Waals surface area contributed by atoms with Crippen LogP contribution in [-0.4, -0.2) is 40.7 Å². The summed E-state index contributed by atoms with van der Waals surface area (Å²) in [6, 6.07) is 31.7. The predicted molar refractivity (Wildman–Crippen MR) is 198 cm³/mol. The molecule has 10 heteroatoms. The largest absolute Gasteiger partial charge is 0.436 e. The van der Waals surface area contributed by atoms with Crippen molar-refractivity contribution in [3.05, 3.63) is 127 Å². The Hall–Kier alpha value is -6.03. The zero-order chi connectivity index (χ0) is 36.3. The van der Waals surface area contributed by atoms with Gasteiger partial charge in [0.15, 0.2) is 5.76 Å². The summed E-state index contributed by atoms with van der Waals surface area (Å²) >= 11 is 0. The Morgan fingerprint density at radius 3 is 1.39 bits per heavy atom. The topological polar surface area (TPSA) is 142 Å². The number of carbonyl (C=O) groups is 4. The lowest BCUT2D eigenvalue weighted by molar-refractivity contribution is -0.127. The van der Waals surface area contributed by atoms with E-state index in [4.69, 9.17) is 4.42 Å². The highest BCUT2D eigenvalue weighted by Gasteiger charge is 2.26. The monoisotopic (exact) mass is 685 g/mol. The second-order valence-electron chi connectivity index (χ2n) is 13.1. The fraction of sp³-hybridized carbons (Fsp3) is 0.244. The second kappa shape index (κ2) is 17.1. The molecule has 0 aliphatic heterocycles. The molecule has 0 aliphatic rings. The Bertz CT molecular complexity index is 1780. The Morgan fingerprint density at radius 1 is 0.569 bits per heavy atom. The van der Waals surface area contributed by atoms with Crippen molar-refractivity contribution < 1.29 is 23.6 Å². The minimum absolute atomic E-state index is 0.114. The average molecular weight is 686 g/mol. The first-order valence-electron chi connectivity index (χ1n) is 17.0. The van der Waals surface area contributed by atoms with E-state index < -0.39 is 12.1 Å². The van der Waals surface area contributed by atoms with Gasteiger partial charge in [0.1, 0.15) is 12.1 Å². The fourth-order valence-electron chi connectivity index (χ4n) is 5.48. The van der Waals surface area contributed by atoms with Crippen molar-refractivity contribution in [2.45, 2.75) is 52.6 Å². The zero-order valence-corrected chi connectivity index (χ0v) is 29.2. The molecule has 4 aromatic carbocycles. The van der Waals surface area contributed by atoms with Crippen molar-refractivity contribution >= 4 is 35.0 Å². The highest BCUT2D eigenvalue weighted by Crippen LogP contribution is 2.28. The van der Waals surface area contributed by atoms with Crippen molar-refractivity contribution in [3.63, 3.8) is 0 Å². The van der Waals surface area contributed by atoms with Crippen molar-refractivity contribution in [1.82, 2.24) is 15.6 Å². The van der Waals surface area contributed by atoms with Crippen molar-refractivity contribution in [2.24, 2.45) is 11.8 Å². The molecule has 4 N–H and O–H groups in total. The molecular formula is C41H43N5O5. The molecule has 0 aliphatic carbocycles. The standard InChI is InChI=1S/C41H43N5O5/c1-26(2)37(45-35(47)23-28-11-7-5-8-12-28)39(49)43-32-19-15-30(16-20-32)34-25-42-41(51-34)31-17-21-33(22-18-31)44-40(50)38(27(3)4)46-36(48)24-29-13-9-6-10-14-29/h5-22,25-27,37-38H,23-24H2,1-4H3,(H,43,49)(H,44,50)(H,45,47)(H,46,48)/t37-,38-/m0/s1. The number of benzene rings is 4. The summed E-state index contributed by atoms with van der Waals surface area (Å²) in [5.74, 6) is -0.320. The number of rotatable bonds is 14. The molecular weight excluding hydrogens is 642 g/mol. The van der Waals surface area contributed by atoms with E-state index in [9.17, 15) is 19.2 Å². The summed E-state index contributed by atoms with van der Waals surface area (Å²) in [6.45, 7) is 7.55. The molecule has 0 saturated heterocycles. The van der Waals surface area contributed by atoms with E-state index in [1.807, 2.05) is 100 Å². The summed E-state index contributed by atoms with van der Waals surface area (Å²) in [7, 11) is 0. The number of oxazole rings is 1. The Kier molecular flexibility index (Phi) is 12.1. The van der Waals surface area contributed by atoms with Gasteiger partial charge < -0.3 is 25.7 Å². The molecule has 0 bridgehead atoms. The van der Waals surface area contributed by atoms with Gasteiger partial charge in [0.2, 0.25) is 29.5 Å². The zero-order valence-electron chi connectivity index (χ0n) is 29.2. The maximum Gasteiger partial charge on any atom is 0.247 e. The lowest BCUT2D eigenvalue weighted by Gasteiger charge is -2.22. The van der Waals surface area contributed by atoms with Crippen LogP contribution in [0.1, 0.15) is 38.8 Å². The first kappa shape index (κ1) is 36.3. The normalized spacial score (nSPS) is 12.2. The van der Waals surface area contributed by atoms with E-state index >= 15 is 0 Å². The van der Waals surface area contributed by atoms with Crippen molar-refractivity contribution in [3.8, 4) is 22.8 Å². The van der Waals surface area contributed by atoms with E-state index in [1.165, 1.54) is 0 Å². The average Bonchev–Trinajstić information content (AvgIpc) is 3.61. The molecule has 262 valence electrons. The first-order chi connectivity index (χ1) is 24.5. The van der Waals surface area contributed by atoms with Gasteiger partial charge in [0.25, 0.3) is 0 Å². The van der Waals surface area contributed by atoms with E-state index in [0.29, 0.717) is 28.6 Å². The lowest BCUT2D eigenvalue weighted by Crippen LogP contribution is -2.47. The summed E-state index contributed by atoms with van der Waals surface area (Å²) in [6.07, 6.45) is 2.02. The number of amides is 4. The molecule has 0 saturated carbocycles. The first-order valence-corrected chi connectivity index (χ1v) is 17.0. The van der Waals surface area contributed by atoms with Gasteiger partial charge in [0, 0.05) is 22.5 Å². The highest BCUT2D eigenvalue weighted by molar-refractivity contribution is 5.98. The van der Waals surface area contributed by atoms with Crippen molar-refractivity contribution in [2.75, 3.05) is 10.6 Å². The van der Waals surface area contributed by atoms with Crippen LogP contribution in [0.5, 0.6) is 0 Å². The third-order valence-electron chi connectivity index (χ3n) is 8.29. The minimum Gasteiger partial charge on any atom is -0.436 e. The van der Waals surface area contributed by atoms with E-state index in [-0.39, 0.29) is 48.3 Å². The summed E-state index contributed by atoms with van der Waals surface area (Å²) in [4.78, 5) is 55.9. The number of aromatic nitrogens is 1. The lowest BCUT2D eigenvalue weighted by atomic mass is 10.0. The van der Waals surface area contributed by atoms with Crippen LogP contribution < -0.4 is 21.3 Å². The van der Waals surface area contributed by atoms with Crippen LogP contribution in [0, 0.1) is 11.8 Å². The van der Waals surface area contributed by atoms with Crippen LogP contribution in [0.4, 0.5) is 11.4 Å². The quantitative estimate of drug-likeness (QED) is 0.103. The van der Waals surface area contributed by atoms with Crippen LogP contribution >= 0.6 is 0 Å². The van der Waals surface area contributed by atoms with E-state index in [0.717, 1.165) is 16.7 Å². The van der Waals surface area contributed by atoms with Crippen LogP contribution in [0.2, 0.25) is 0 Å². The number of anilines is 2. The molecule has 0 fully saturated rings. The van der Waals surface area contributed by atoms with Gasteiger partial charge in [0.05, 0.1) is 19.0 Å². The van der Waals surface area contributed by atoms with Gasteiger partial charge in [-0.15, -0.1) is 0 Å². The van der Waals surface area contributed by atoms with Crippen LogP contribution in [0.25, 0.3) is 22.8 Å². The summed E-state index contributed by atoms with van der Waals surface area (Å²) < 4.78 is 6.04. The van der Waals surface area contributed by atoms with Gasteiger partial charge in [-0.2, -0.15) is 0 Å². The van der Waals surface area contributed by atoms with Crippen molar-refractivity contribution in [1.29, 1.82) is 0 Å². The molecule has 10 nitrogen and oxygen atoms in total. The fourth-order valence-corrected chi connectivity index (χ4v) is 5.48. The number of nitrogens with one attached hydrogen (secondary N) is 4. The number of nitrogens with zero attached hydrogens (tertiary/aromatic N) is 1. The Labute approximate surface area is 298 Å². The third-order valence-corrected chi connectivity index (χ3v) is 8.29. The van der Waals surface area contributed by atoms with E-state index in [2.05, 4.69) is 26.3 Å². The summed E-state index contributed by atoms with van der Waals surface area (Å²) in [5, 5.41) is 11.5. The highest BCUT2D eigenvalue weighted by atomic mass is 16.4. The second-order valence-corrected chi connectivity index (χ2v) is 13.1. The van der Waals surface area contributed by atoms with Gasteiger partial charge in [-0.3, -0.25) is 19.2 Å². The molecule has 4 amide bonds. The number of carbonyl (C=O) groups excluding carboxylic acids is 4. The molecule has 5 rings (SSSR count). The molecule has 0 radical (unpaired) electrons. The maximum absolute atomic E-state index is 13.1. The Balaban J connectivity index is 1.15. The maximum atomic E-state index is 13.1. The molecule has 0 unspecified atom stereocenters. The molecule has 1 heterocycles. The van der Waals surface area contributed by atoms with E-state index in [1.54, 1.807) is 42.6 Å². The number of hydrogen-bond donors (Lipinski definition) is 4. The van der Waals surface area contributed by atoms with Gasteiger partial charge in [-0.05, 0) is 71.5 Å². The molecule has 2 atom stereocenters. The molecule has 1 aromatic heterocycles. The SMILES string of the molecule is CC(C)[C@H](NC(=O)Cc1ccccc1)C(=O)Nc1ccc(-c2cnc(-c3ccc(NC(=O)[C@@H](NC(=O)Cc4ccccc4)C(C)C)cc3)o2)cc1. The van der Waals surface area contributed by atoms with Crippen LogP contribution in [-0.2, 0) is 32.0 Å². The van der Waals surface area contributed by atoms with Gasteiger partial charge >= 0.3 is 0 Å². The third kappa shape index (κ3) is 10.2. The smallest absolute Gasteiger partial charge is 0.247 e. The predicted octanol–water partition coefficient (Wildman–Crippen LogP) is 6.65. The van der Waals surface area contributed by atoms with Gasteiger partial charge in [-0.1, -0.05) is 88.4 Å². The van der Waals surface area contributed by atoms with Crippen LogP contribution in [0.3, 0.4) is 0 Å². The molecule has 5 aromatic rings. The summed E-state index contributed by atoms with van der Waals surface area (Å²) in [5.41, 5.74) is 4.39. The molecule has 0 spiro atoms. The van der Waals surface area contributed by atoms with Gasteiger partial charge in [-0.25, -0.2) is 4.98 Å².